The van der Waals surface area contributed by atoms with Crippen LogP contribution in [0.1, 0.15) is 40.4 Å². The van der Waals surface area contributed by atoms with Gasteiger partial charge in [0.15, 0.2) is 0 Å². The van der Waals surface area contributed by atoms with Gasteiger partial charge in [0.1, 0.15) is 5.69 Å². The van der Waals surface area contributed by atoms with Gasteiger partial charge in [0.05, 0.1) is 0 Å². The molecule has 132 valence electrons. The minimum absolute atomic E-state index is 0.0140. The predicted molar refractivity (Wildman–Crippen MR) is 95.5 cm³/mol. The molecule has 0 bridgehead atoms. The summed E-state index contributed by atoms with van der Waals surface area (Å²) in [5.74, 6) is -0.532. The number of rotatable bonds is 4. The number of aryl methyl sites for hydroxylation is 1. The summed E-state index contributed by atoms with van der Waals surface area (Å²) in [6.45, 7) is 2.46. The van der Waals surface area contributed by atoms with Crippen LogP contribution in [-0.4, -0.2) is 37.9 Å². The Labute approximate surface area is 149 Å². The van der Waals surface area contributed by atoms with Crippen LogP contribution >= 0.6 is 0 Å². The predicted octanol–water partition coefficient (Wildman–Crippen LogP) is 2.65. The summed E-state index contributed by atoms with van der Waals surface area (Å²) in [5.41, 5.74) is 3.28. The lowest BCUT2D eigenvalue weighted by Gasteiger charge is -2.16. The number of nitrogens with zero attached hydrogens (tertiary/aromatic N) is 4. The van der Waals surface area contributed by atoms with Gasteiger partial charge in [-0.3, -0.25) is 14.0 Å². The highest BCUT2D eigenvalue weighted by Gasteiger charge is 2.34. The molecule has 1 aliphatic rings. The van der Waals surface area contributed by atoms with E-state index in [9.17, 15) is 9.59 Å². The summed E-state index contributed by atoms with van der Waals surface area (Å²) in [6.07, 6.45) is 5.68. The standard InChI is InChI=1S/C19H18N4O3/c1-12-3-5-16-14(9-12)13(4-6-17(24)25)10-23(16)18(26)15-11-22-8-2-7-20-19(22)21-15/h2-3,5,7-9,11,13H,4,6,10H2,1H3,(H,24,25). The number of carbonyl (C=O) groups is 2. The molecule has 4 rings (SSSR count). The van der Waals surface area contributed by atoms with Gasteiger partial charge >= 0.3 is 5.97 Å². The van der Waals surface area contributed by atoms with Crippen molar-refractivity contribution in [3.63, 3.8) is 0 Å². The molecule has 0 spiro atoms. The van der Waals surface area contributed by atoms with Crippen molar-refractivity contribution in [2.24, 2.45) is 0 Å². The van der Waals surface area contributed by atoms with E-state index < -0.39 is 5.97 Å². The van der Waals surface area contributed by atoms with Crippen molar-refractivity contribution < 1.29 is 14.7 Å². The Morgan fingerprint density at radius 1 is 1.35 bits per heavy atom. The number of hydrogen-bond acceptors (Lipinski definition) is 4. The van der Waals surface area contributed by atoms with Crippen molar-refractivity contribution in [2.45, 2.75) is 25.7 Å². The van der Waals surface area contributed by atoms with Gasteiger partial charge in [-0.25, -0.2) is 9.97 Å². The number of imidazole rings is 1. The summed E-state index contributed by atoms with van der Waals surface area (Å²) in [7, 11) is 0. The van der Waals surface area contributed by atoms with Gasteiger partial charge in [-0.15, -0.1) is 0 Å². The van der Waals surface area contributed by atoms with Crippen molar-refractivity contribution in [1.82, 2.24) is 14.4 Å². The number of fused-ring (bicyclic) bond motifs is 2. The lowest BCUT2D eigenvalue weighted by Crippen LogP contribution is -2.30. The fourth-order valence-electron chi connectivity index (χ4n) is 3.47. The Bertz CT molecular complexity index is 978. The van der Waals surface area contributed by atoms with Crippen molar-refractivity contribution in [3.8, 4) is 0 Å². The molecule has 1 N–H and O–H groups in total. The number of anilines is 1. The smallest absolute Gasteiger partial charge is 0.303 e. The van der Waals surface area contributed by atoms with E-state index in [0.29, 0.717) is 24.4 Å². The highest BCUT2D eigenvalue weighted by Crippen LogP contribution is 2.40. The minimum atomic E-state index is -0.824. The first-order chi connectivity index (χ1) is 12.5. The molecule has 7 heteroatoms. The molecule has 3 aromatic rings. The van der Waals surface area contributed by atoms with Crippen molar-refractivity contribution in [3.05, 3.63) is 59.7 Å². The second-order valence-electron chi connectivity index (χ2n) is 6.56. The van der Waals surface area contributed by atoms with Gasteiger partial charge in [0, 0.05) is 43.2 Å². The van der Waals surface area contributed by atoms with E-state index >= 15 is 0 Å². The number of hydrogen-bond donors (Lipinski definition) is 1. The summed E-state index contributed by atoms with van der Waals surface area (Å²) < 4.78 is 1.71. The third kappa shape index (κ3) is 2.81. The Morgan fingerprint density at radius 3 is 2.96 bits per heavy atom. The van der Waals surface area contributed by atoms with Crippen LogP contribution in [-0.2, 0) is 4.79 Å². The topological polar surface area (TPSA) is 87.8 Å². The molecule has 1 aromatic carbocycles. The molecule has 3 heterocycles. The maximum absolute atomic E-state index is 13.1. The molecule has 1 amide bonds. The van der Waals surface area contributed by atoms with Gasteiger partial charge in [-0.05, 0) is 31.0 Å². The normalized spacial score (nSPS) is 16.0. The van der Waals surface area contributed by atoms with E-state index in [1.807, 2.05) is 25.1 Å². The third-order valence-corrected chi connectivity index (χ3v) is 4.72. The van der Waals surface area contributed by atoms with Gasteiger partial charge in [0.2, 0.25) is 5.78 Å². The molecule has 0 radical (unpaired) electrons. The lowest BCUT2D eigenvalue weighted by atomic mass is 9.95. The second-order valence-corrected chi connectivity index (χ2v) is 6.56. The molecule has 0 fully saturated rings. The number of carboxylic acids is 1. The van der Waals surface area contributed by atoms with E-state index in [2.05, 4.69) is 9.97 Å². The van der Waals surface area contributed by atoms with Crippen LogP contribution < -0.4 is 4.90 Å². The van der Waals surface area contributed by atoms with Crippen LogP contribution in [0.3, 0.4) is 0 Å². The number of aromatic nitrogens is 3. The van der Waals surface area contributed by atoms with E-state index in [1.165, 1.54) is 0 Å². The quantitative estimate of drug-likeness (QED) is 0.781. The molecule has 2 aromatic heterocycles. The third-order valence-electron chi connectivity index (χ3n) is 4.72. The molecule has 0 saturated heterocycles. The second kappa shape index (κ2) is 6.25. The largest absolute Gasteiger partial charge is 0.481 e. The summed E-state index contributed by atoms with van der Waals surface area (Å²) >= 11 is 0. The van der Waals surface area contributed by atoms with Crippen molar-refractivity contribution in [2.75, 3.05) is 11.4 Å². The Kier molecular flexibility index (Phi) is 3.91. The van der Waals surface area contributed by atoms with Crippen LogP contribution in [0.5, 0.6) is 0 Å². The van der Waals surface area contributed by atoms with Gasteiger partial charge in [0.25, 0.3) is 5.91 Å². The molecule has 1 aliphatic heterocycles. The van der Waals surface area contributed by atoms with Crippen molar-refractivity contribution >= 4 is 23.3 Å². The fourth-order valence-corrected chi connectivity index (χ4v) is 3.47. The van der Waals surface area contributed by atoms with Crippen LogP contribution in [0.25, 0.3) is 5.78 Å². The lowest BCUT2D eigenvalue weighted by molar-refractivity contribution is -0.137. The summed E-state index contributed by atoms with van der Waals surface area (Å²) in [4.78, 5) is 34.2. The van der Waals surface area contributed by atoms with Crippen LogP contribution in [0.2, 0.25) is 0 Å². The van der Waals surface area contributed by atoms with Crippen LogP contribution in [0.4, 0.5) is 5.69 Å². The highest BCUT2D eigenvalue weighted by atomic mass is 16.4. The molecular weight excluding hydrogens is 332 g/mol. The van der Waals surface area contributed by atoms with Crippen molar-refractivity contribution in [1.29, 1.82) is 0 Å². The number of benzene rings is 1. The van der Waals surface area contributed by atoms with Gasteiger partial charge in [-0.2, -0.15) is 0 Å². The number of carboxylic acid groups (broad SMARTS) is 1. The average molecular weight is 350 g/mol. The SMILES string of the molecule is Cc1ccc2c(c1)C(CCC(=O)O)CN2C(=O)c1cn2cccnc2n1. The first kappa shape index (κ1) is 16.3. The zero-order valence-electron chi connectivity index (χ0n) is 14.3. The van der Waals surface area contributed by atoms with Gasteiger partial charge < -0.3 is 10.0 Å². The van der Waals surface area contributed by atoms with Crippen LogP contribution in [0, 0.1) is 6.92 Å². The first-order valence-electron chi connectivity index (χ1n) is 8.47. The number of aliphatic carboxylic acids is 1. The number of amides is 1. The fraction of sp³-hybridized carbons (Fsp3) is 0.263. The van der Waals surface area contributed by atoms with Gasteiger partial charge in [-0.1, -0.05) is 17.7 Å². The molecule has 7 nitrogen and oxygen atoms in total. The Hall–Kier alpha value is -3.22. The Balaban J connectivity index is 1.68. The first-order valence-corrected chi connectivity index (χ1v) is 8.47. The van der Waals surface area contributed by atoms with E-state index in [0.717, 1.165) is 16.8 Å². The highest BCUT2D eigenvalue weighted by molar-refractivity contribution is 6.06. The van der Waals surface area contributed by atoms with E-state index in [-0.39, 0.29) is 18.2 Å². The zero-order valence-corrected chi connectivity index (χ0v) is 14.3. The molecule has 0 aliphatic carbocycles. The minimum Gasteiger partial charge on any atom is -0.481 e. The monoisotopic (exact) mass is 350 g/mol. The molecular formula is C19H18N4O3. The molecule has 0 saturated carbocycles. The zero-order chi connectivity index (χ0) is 18.3. The maximum atomic E-state index is 13.1. The molecule has 1 atom stereocenters. The van der Waals surface area contributed by atoms with E-state index in [4.69, 9.17) is 5.11 Å². The summed E-state index contributed by atoms with van der Waals surface area (Å²) in [5, 5.41) is 9.01. The molecule has 1 unspecified atom stereocenters. The van der Waals surface area contributed by atoms with Crippen LogP contribution in [0.15, 0.2) is 42.9 Å². The maximum Gasteiger partial charge on any atom is 0.303 e. The Morgan fingerprint density at radius 2 is 2.19 bits per heavy atom. The summed E-state index contributed by atoms with van der Waals surface area (Å²) in [6, 6.07) is 7.71. The average Bonchev–Trinajstić information content (AvgIpc) is 3.20. The van der Waals surface area contributed by atoms with E-state index in [1.54, 1.807) is 34.0 Å². The molecule has 26 heavy (non-hydrogen) atoms. The number of carbonyl (C=O) groups excluding carboxylic acids is 1.